The number of rotatable bonds is 6. The number of anilines is 1. The molecule has 6 heteroatoms. The zero-order valence-corrected chi connectivity index (χ0v) is 24.9. The molecule has 5 nitrogen and oxygen atoms in total. The molecular formula is C35H34N4OS. The van der Waals surface area contributed by atoms with Crippen LogP contribution in [0.15, 0.2) is 97.2 Å². The van der Waals surface area contributed by atoms with Crippen LogP contribution in [0.3, 0.4) is 0 Å². The minimum Gasteiger partial charge on any atom is -0.457 e. The van der Waals surface area contributed by atoms with Gasteiger partial charge in [0.25, 0.3) is 0 Å². The third-order valence-corrected chi connectivity index (χ3v) is 8.15. The van der Waals surface area contributed by atoms with Gasteiger partial charge in [0.05, 0.1) is 23.5 Å². The number of para-hydroxylation sites is 1. The molecule has 0 unspecified atom stereocenters. The molecule has 3 heterocycles. The first kappa shape index (κ1) is 26.8. The Morgan fingerprint density at radius 3 is 2.10 bits per heavy atom. The van der Waals surface area contributed by atoms with Crippen LogP contribution in [0.4, 0.5) is 5.69 Å². The van der Waals surface area contributed by atoms with Gasteiger partial charge < -0.3 is 19.5 Å². The van der Waals surface area contributed by atoms with E-state index in [1.54, 1.807) is 0 Å². The first-order valence-corrected chi connectivity index (χ1v) is 14.3. The van der Waals surface area contributed by atoms with Gasteiger partial charge in [-0.25, -0.2) is 0 Å². The second kappa shape index (κ2) is 10.9. The van der Waals surface area contributed by atoms with E-state index in [0.29, 0.717) is 5.11 Å². The van der Waals surface area contributed by atoms with Crippen LogP contribution >= 0.6 is 12.2 Å². The van der Waals surface area contributed by atoms with Crippen molar-refractivity contribution in [2.75, 3.05) is 4.90 Å². The van der Waals surface area contributed by atoms with Crippen molar-refractivity contribution in [1.29, 1.82) is 0 Å². The van der Waals surface area contributed by atoms with Crippen LogP contribution in [0.2, 0.25) is 0 Å². The smallest absolute Gasteiger partial charge is 0.174 e. The summed E-state index contributed by atoms with van der Waals surface area (Å²) in [6.07, 6.45) is 1.85. The van der Waals surface area contributed by atoms with E-state index in [2.05, 4.69) is 85.8 Å². The van der Waals surface area contributed by atoms with Crippen molar-refractivity contribution >= 4 is 23.0 Å². The van der Waals surface area contributed by atoms with Crippen LogP contribution in [-0.2, 0) is 0 Å². The highest BCUT2D eigenvalue weighted by Crippen LogP contribution is 2.44. The predicted molar refractivity (Wildman–Crippen MR) is 170 cm³/mol. The van der Waals surface area contributed by atoms with Gasteiger partial charge in [-0.3, -0.25) is 4.98 Å². The lowest BCUT2D eigenvalue weighted by Crippen LogP contribution is -2.29. The van der Waals surface area contributed by atoms with Crippen molar-refractivity contribution in [3.05, 3.63) is 137 Å². The van der Waals surface area contributed by atoms with E-state index in [4.69, 9.17) is 21.9 Å². The summed E-state index contributed by atoms with van der Waals surface area (Å²) >= 11 is 6.00. The summed E-state index contributed by atoms with van der Waals surface area (Å²) < 4.78 is 8.46. The van der Waals surface area contributed by atoms with Gasteiger partial charge in [-0.1, -0.05) is 42.0 Å². The minimum absolute atomic E-state index is 0.0932. The zero-order chi connectivity index (χ0) is 28.7. The molecule has 0 aliphatic carbocycles. The first-order chi connectivity index (χ1) is 19.8. The number of ether oxygens (including phenoxy) is 1. The predicted octanol–water partition coefficient (Wildman–Crippen LogP) is 8.38. The van der Waals surface area contributed by atoms with Crippen LogP contribution in [0.25, 0.3) is 5.69 Å². The molecule has 2 aromatic heterocycles. The molecule has 0 bridgehead atoms. The summed E-state index contributed by atoms with van der Waals surface area (Å²) in [4.78, 5) is 6.96. The average molecular weight is 559 g/mol. The topological polar surface area (TPSA) is 42.3 Å². The van der Waals surface area contributed by atoms with E-state index in [1.165, 1.54) is 39.3 Å². The first-order valence-electron chi connectivity index (χ1n) is 13.9. The molecule has 1 N–H and O–H groups in total. The molecule has 0 amide bonds. The van der Waals surface area contributed by atoms with Gasteiger partial charge in [-0.05, 0) is 118 Å². The number of hydrogen-bond donors (Lipinski definition) is 1. The third kappa shape index (κ3) is 5.00. The lowest BCUT2D eigenvalue weighted by atomic mass is 9.96. The zero-order valence-electron chi connectivity index (χ0n) is 24.1. The quantitative estimate of drug-likeness (QED) is 0.212. The van der Waals surface area contributed by atoms with Gasteiger partial charge in [0.15, 0.2) is 5.11 Å². The highest BCUT2D eigenvalue weighted by molar-refractivity contribution is 7.80. The summed E-state index contributed by atoms with van der Waals surface area (Å²) in [5.41, 5.74) is 10.6. The van der Waals surface area contributed by atoms with E-state index in [-0.39, 0.29) is 12.1 Å². The number of hydrogen-bond acceptors (Lipinski definition) is 3. The Labute approximate surface area is 247 Å². The lowest BCUT2D eigenvalue weighted by molar-refractivity contribution is 0.482. The van der Waals surface area contributed by atoms with Crippen molar-refractivity contribution in [1.82, 2.24) is 14.9 Å². The summed E-state index contributed by atoms with van der Waals surface area (Å²) in [5, 5.41) is 4.28. The maximum absolute atomic E-state index is 6.06. The van der Waals surface area contributed by atoms with Crippen LogP contribution in [0, 0.1) is 34.6 Å². The summed E-state index contributed by atoms with van der Waals surface area (Å²) in [6.45, 7) is 10.9. The van der Waals surface area contributed by atoms with E-state index >= 15 is 0 Å². The largest absolute Gasteiger partial charge is 0.457 e. The van der Waals surface area contributed by atoms with Crippen molar-refractivity contribution in [2.45, 2.75) is 46.7 Å². The van der Waals surface area contributed by atoms with E-state index in [9.17, 15) is 0 Å². The normalized spacial score (nSPS) is 16.6. The summed E-state index contributed by atoms with van der Waals surface area (Å²) in [5.74, 6) is 1.58. The molecule has 5 aromatic rings. The Morgan fingerprint density at radius 2 is 1.44 bits per heavy atom. The molecule has 3 aromatic carbocycles. The van der Waals surface area contributed by atoms with Crippen LogP contribution in [0.1, 0.15) is 51.4 Å². The van der Waals surface area contributed by atoms with Crippen molar-refractivity contribution in [2.24, 2.45) is 0 Å². The Balaban J connectivity index is 1.45. The van der Waals surface area contributed by atoms with Crippen LogP contribution in [0.5, 0.6) is 11.5 Å². The SMILES string of the molecule is Cc1cc(C)c(-n2c(C)cc([C@@H]3[C@H](c4ccccn4)NC(=S)N3c3ccc(Oc4ccccc4)cc3)c2C)c(C)c1. The Morgan fingerprint density at radius 1 is 0.780 bits per heavy atom. The van der Waals surface area contributed by atoms with Crippen LogP contribution < -0.4 is 15.0 Å². The Hall–Kier alpha value is -4.42. The number of pyridine rings is 1. The fourth-order valence-corrected chi connectivity index (χ4v) is 6.55. The summed E-state index contributed by atoms with van der Waals surface area (Å²) in [6, 6.07) is 30.6. The molecule has 1 aliphatic rings. The number of benzene rings is 3. The molecule has 41 heavy (non-hydrogen) atoms. The minimum atomic E-state index is -0.113. The molecule has 0 spiro atoms. The summed E-state index contributed by atoms with van der Waals surface area (Å²) in [7, 11) is 0. The molecule has 0 radical (unpaired) electrons. The van der Waals surface area contributed by atoms with E-state index in [1.807, 2.05) is 60.8 Å². The van der Waals surface area contributed by atoms with E-state index < -0.39 is 0 Å². The third-order valence-electron chi connectivity index (χ3n) is 7.84. The molecule has 0 saturated carbocycles. The Bertz CT molecular complexity index is 1690. The lowest BCUT2D eigenvalue weighted by Gasteiger charge is -2.28. The number of aryl methyl sites for hydroxylation is 4. The van der Waals surface area contributed by atoms with Crippen molar-refractivity contribution in [3.8, 4) is 17.2 Å². The highest BCUT2D eigenvalue weighted by atomic mass is 32.1. The van der Waals surface area contributed by atoms with Gasteiger partial charge in [0.2, 0.25) is 0 Å². The maximum Gasteiger partial charge on any atom is 0.174 e. The standard InChI is InChI=1S/C35H34N4OS/c1-22-19-23(2)33(24(3)20-22)38-25(4)21-30(26(38)5)34-32(31-13-9-10-18-36-31)37-35(41)39(34)27-14-16-29(17-15-27)40-28-11-7-6-8-12-28/h6-21,32,34H,1-5H3,(H,37,41)/t32-,34+/m0/s1. The van der Waals surface area contributed by atoms with Crippen molar-refractivity contribution in [3.63, 3.8) is 0 Å². The monoisotopic (exact) mass is 558 g/mol. The molecule has 1 fully saturated rings. The fraction of sp³-hybridized carbons (Fsp3) is 0.200. The second-order valence-electron chi connectivity index (χ2n) is 10.8. The molecule has 1 aliphatic heterocycles. The molecule has 206 valence electrons. The molecule has 1 saturated heterocycles. The average Bonchev–Trinajstić information content (AvgIpc) is 3.45. The van der Waals surface area contributed by atoms with Gasteiger partial charge >= 0.3 is 0 Å². The number of nitrogens with zero attached hydrogens (tertiary/aromatic N) is 3. The van der Waals surface area contributed by atoms with Gasteiger partial charge in [0.1, 0.15) is 11.5 Å². The number of nitrogens with one attached hydrogen (secondary N) is 1. The van der Waals surface area contributed by atoms with Gasteiger partial charge in [-0.2, -0.15) is 0 Å². The Kier molecular flexibility index (Phi) is 7.10. The van der Waals surface area contributed by atoms with Gasteiger partial charge in [-0.15, -0.1) is 0 Å². The highest BCUT2D eigenvalue weighted by Gasteiger charge is 2.42. The molecule has 6 rings (SSSR count). The maximum atomic E-state index is 6.06. The van der Waals surface area contributed by atoms with Crippen LogP contribution in [-0.4, -0.2) is 14.7 Å². The molecular weight excluding hydrogens is 524 g/mol. The molecule has 2 atom stereocenters. The fourth-order valence-electron chi connectivity index (χ4n) is 6.20. The number of thiocarbonyl (C=S) groups is 1. The number of aromatic nitrogens is 2. The van der Waals surface area contributed by atoms with E-state index in [0.717, 1.165) is 22.9 Å². The second-order valence-corrected chi connectivity index (χ2v) is 11.2. The van der Waals surface area contributed by atoms with Gasteiger partial charge in [0, 0.05) is 23.3 Å². The van der Waals surface area contributed by atoms with Crippen molar-refractivity contribution < 1.29 is 4.74 Å².